The Morgan fingerprint density at radius 1 is 1.50 bits per heavy atom. The fourth-order valence-corrected chi connectivity index (χ4v) is 2.67. The average Bonchev–Trinajstić information content (AvgIpc) is 2.67. The van der Waals surface area contributed by atoms with Gasteiger partial charge in [0.1, 0.15) is 0 Å². The van der Waals surface area contributed by atoms with Gasteiger partial charge in [0.2, 0.25) is 0 Å². The number of aromatic carboxylic acids is 1. The van der Waals surface area contributed by atoms with Crippen LogP contribution in [0.15, 0.2) is 6.07 Å². The molecule has 1 aromatic heterocycles. The third-order valence-corrected chi connectivity index (χ3v) is 3.46. The molecule has 0 atom stereocenters. The summed E-state index contributed by atoms with van der Waals surface area (Å²) in [6.07, 6.45) is 4.72. The van der Waals surface area contributed by atoms with E-state index >= 15 is 0 Å². The molecule has 4 heteroatoms. The van der Waals surface area contributed by atoms with Crippen molar-refractivity contribution in [2.24, 2.45) is 0 Å². The Hall–Kier alpha value is -1.09. The van der Waals surface area contributed by atoms with Crippen LogP contribution < -0.4 is 0 Å². The van der Waals surface area contributed by atoms with Gasteiger partial charge in [0.25, 0.3) is 0 Å². The number of nitrogens with zero attached hydrogens (tertiary/aromatic N) is 1. The summed E-state index contributed by atoms with van der Waals surface area (Å²) < 4.78 is 0. The number of carboxylic acids is 1. The second-order valence-corrected chi connectivity index (χ2v) is 4.68. The van der Waals surface area contributed by atoms with Gasteiger partial charge in [0, 0.05) is 11.6 Å². The molecule has 1 aliphatic carbocycles. The van der Waals surface area contributed by atoms with Crippen molar-refractivity contribution in [3.05, 3.63) is 28.0 Å². The van der Waals surface area contributed by atoms with E-state index in [4.69, 9.17) is 16.7 Å². The van der Waals surface area contributed by atoms with Crippen LogP contribution in [0.4, 0.5) is 0 Å². The highest BCUT2D eigenvalue weighted by molar-refractivity contribution is 6.33. The number of hydrogen-bond donors (Lipinski definition) is 1. The maximum absolute atomic E-state index is 11.0. The molecule has 0 aromatic carbocycles. The van der Waals surface area contributed by atoms with Crippen LogP contribution in [-0.4, -0.2) is 16.1 Å². The first kappa shape index (κ1) is 11.4. The fourth-order valence-electron chi connectivity index (χ4n) is 2.34. The van der Waals surface area contributed by atoms with Gasteiger partial charge in [-0.05, 0) is 25.8 Å². The Morgan fingerprint density at radius 2 is 2.12 bits per heavy atom. The molecule has 0 aliphatic heterocycles. The van der Waals surface area contributed by atoms with Crippen molar-refractivity contribution in [3.63, 3.8) is 0 Å². The molecule has 1 N–H and O–H groups in total. The molecule has 0 unspecified atom stereocenters. The molecule has 2 rings (SSSR count). The van der Waals surface area contributed by atoms with Gasteiger partial charge in [0.05, 0.1) is 16.3 Å². The molecule has 86 valence electrons. The van der Waals surface area contributed by atoms with Crippen LogP contribution in [0, 0.1) is 6.92 Å². The minimum atomic E-state index is -1.01. The zero-order valence-electron chi connectivity index (χ0n) is 9.16. The Labute approximate surface area is 99.5 Å². The van der Waals surface area contributed by atoms with Gasteiger partial charge < -0.3 is 5.11 Å². The Morgan fingerprint density at radius 3 is 2.62 bits per heavy atom. The highest BCUT2D eigenvalue weighted by atomic mass is 35.5. The van der Waals surface area contributed by atoms with Gasteiger partial charge in [0.15, 0.2) is 0 Å². The largest absolute Gasteiger partial charge is 0.478 e. The van der Waals surface area contributed by atoms with E-state index in [1.54, 1.807) is 13.0 Å². The molecule has 1 aromatic rings. The molecular weight excluding hydrogens is 226 g/mol. The van der Waals surface area contributed by atoms with Crippen molar-refractivity contribution >= 4 is 17.6 Å². The third kappa shape index (κ3) is 2.05. The molecule has 0 amide bonds. The molecule has 1 fully saturated rings. The second-order valence-electron chi connectivity index (χ2n) is 4.28. The number of aryl methyl sites for hydroxylation is 1. The first-order chi connectivity index (χ1) is 7.59. The van der Waals surface area contributed by atoms with E-state index in [2.05, 4.69) is 4.98 Å². The van der Waals surface area contributed by atoms with Crippen LogP contribution in [-0.2, 0) is 0 Å². The number of hydrogen-bond acceptors (Lipinski definition) is 2. The van der Waals surface area contributed by atoms with Crippen LogP contribution in [0.5, 0.6) is 0 Å². The molecule has 0 radical (unpaired) electrons. The van der Waals surface area contributed by atoms with E-state index in [-0.39, 0.29) is 5.56 Å². The zero-order chi connectivity index (χ0) is 11.7. The van der Waals surface area contributed by atoms with Crippen molar-refractivity contribution in [2.45, 2.75) is 38.5 Å². The van der Waals surface area contributed by atoms with E-state index in [1.807, 2.05) is 0 Å². The average molecular weight is 240 g/mol. The molecule has 1 heterocycles. The smallest absolute Gasteiger partial charge is 0.339 e. The molecule has 0 bridgehead atoms. The van der Waals surface area contributed by atoms with Crippen molar-refractivity contribution < 1.29 is 9.90 Å². The van der Waals surface area contributed by atoms with Gasteiger partial charge in [-0.1, -0.05) is 24.4 Å². The van der Waals surface area contributed by atoms with E-state index < -0.39 is 5.97 Å². The lowest BCUT2D eigenvalue weighted by atomic mass is 10.0. The van der Waals surface area contributed by atoms with Crippen molar-refractivity contribution in [1.82, 2.24) is 4.98 Å². The molecule has 3 nitrogen and oxygen atoms in total. The first-order valence-corrected chi connectivity index (χ1v) is 5.87. The summed E-state index contributed by atoms with van der Waals surface area (Å²) in [5.41, 5.74) is 1.59. The lowest BCUT2D eigenvalue weighted by Crippen LogP contribution is -2.07. The fraction of sp³-hybridized carbons (Fsp3) is 0.500. The van der Waals surface area contributed by atoms with Crippen molar-refractivity contribution in [3.8, 4) is 0 Å². The number of carbonyl (C=O) groups is 1. The number of halogens is 1. The number of carboxylic acid groups (broad SMARTS) is 1. The normalized spacial score (nSPS) is 16.6. The Balaban J connectivity index is 2.40. The topological polar surface area (TPSA) is 50.2 Å². The summed E-state index contributed by atoms with van der Waals surface area (Å²) in [7, 11) is 0. The van der Waals surface area contributed by atoms with Crippen LogP contribution in [0.1, 0.15) is 53.3 Å². The van der Waals surface area contributed by atoms with Gasteiger partial charge in [-0.15, -0.1) is 0 Å². The summed E-state index contributed by atoms with van der Waals surface area (Å²) in [5, 5.41) is 9.29. The Bertz CT molecular complexity index is 402. The lowest BCUT2D eigenvalue weighted by molar-refractivity contribution is 0.0695. The summed E-state index contributed by atoms with van der Waals surface area (Å²) in [4.78, 5) is 15.3. The molecule has 1 saturated carbocycles. The maximum atomic E-state index is 11.0. The minimum Gasteiger partial charge on any atom is -0.478 e. The second kappa shape index (κ2) is 4.42. The van der Waals surface area contributed by atoms with E-state index in [0.29, 0.717) is 16.6 Å². The van der Waals surface area contributed by atoms with E-state index in [1.165, 1.54) is 12.8 Å². The van der Waals surface area contributed by atoms with Crippen molar-refractivity contribution in [1.29, 1.82) is 0 Å². The lowest BCUT2D eigenvalue weighted by Gasteiger charge is -2.11. The van der Waals surface area contributed by atoms with Gasteiger partial charge in [-0.2, -0.15) is 0 Å². The number of rotatable bonds is 2. The summed E-state index contributed by atoms with van der Waals surface area (Å²) in [6, 6.07) is 1.72. The Kier molecular flexibility index (Phi) is 3.15. The third-order valence-electron chi connectivity index (χ3n) is 3.16. The molecular formula is C12H14ClNO2. The van der Waals surface area contributed by atoms with Crippen LogP contribution >= 0.6 is 11.6 Å². The number of pyridine rings is 1. The predicted octanol–water partition coefficient (Wildman–Crippen LogP) is 3.40. The molecule has 1 aliphatic rings. The quantitative estimate of drug-likeness (QED) is 0.861. The minimum absolute atomic E-state index is 0.128. The van der Waals surface area contributed by atoms with Gasteiger partial charge >= 0.3 is 5.97 Å². The predicted molar refractivity (Wildman–Crippen MR) is 62.2 cm³/mol. The summed E-state index contributed by atoms with van der Waals surface area (Å²) >= 11 is 5.99. The van der Waals surface area contributed by atoms with Crippen LogP contribution in [0.25, 0.3) is 0 Å². The van der Waals surface area contributed by atoms with Crippen molar-refractivity contribution in [2.75, 3.05) is 0 Å². The first-order valence-electron chi connectivity index (χ1n) is 5.50. The highest BCUT2D eigenvalue weighted by Gasteiger charge is 2.22. The van der Waals surface area contributed by atoms with Gasteiger partial charge in [-0.3, -0.25) is 4.98 Å². The monoisotopic (exact) mass is 239 g/mol. The maximum Gasteiger partial charge on any atom is 0.339 e. The molecule has 0 spiro atoms. The summed E-state index contributed by atoms with van der Waals surface area (Å²) in [5.74, 6) is -0.549. The standard InChI is InChI=1S/C12H14ClNO2/c1-7-11(12(15)16)9(13)6-10(14-7)8-4-2-3-5-8/h6,8H,2-5H2,1H3,(H,15,16). The SMILES string of the molecule is Cc1nc(C2CCCC2)cc(Cl)c1C(=O)O. The molecule has 16 heavy (non-hydrogen) atoms. The zero-order valence-corrected chi connectivity index (χ0v) is 9.92. The van der Waals surface area contributed by atoms with Crippen LogP contribution in [0.2, 0.25) is 5.02 Å². The van der Waals surface area contributed by atoms with E-state index in [9.17, 15) is 4.79 Å². The number of aromatic nitrogens is 1. The van der Waals surface area contributed by atoms with Crippen LogP contribution in [0.3, 0.4) is 0 Å². The highest BCUT2D eigenvalue weighted by Crippen LogP contribution is 2.35. The van der Waals surface area contributed by atoms with Gasteiger partial charge in [-0.25, -0.2) is 4.79 Å². The van der Waals surface area contributed by atoms with E-state index in [0.717, 1.165) is 18.5 Å². The molecule has 0 saturated heterocycles. The summed E-state index contributed by atoms with van der Waals surface area (Å²) in [6.45, 7) is 1.70.